The van der Waals surface area contributed by atoms with Gasteiger partial charge in [0.25, 0.3) is 0 Å². The number of piperidine rings is 1. The number of likely N-dealkylation sites (tertiary alicyclic amines) is 1. The van der Waals surface area contributed by atoms with E-state index >= 15 is 0 Å². The average Bonchev–Trinajstić information content (AvgIpc) is 3.31. The quantitative estimate of drug-likeness (QED) is 0.655. The standard InChI is InChI=1S/C24H32N4O3/c1-3-31-20-9-7-19(8-10-20)25-24(29)28-13-11-17(12-14-28)22-16-23(27-26-22)18-5-4-6-21(15-18)30-2/h4-10,15,17,22-23,26-27H,3,11-14,16H2,1-2H3,(H,25,29). The summed E-state index contributed by atoms with van der Waals surface area (Å²) in [6.07, 6.45) is 3.04. The molecule has 2 aliphatic rings. The summed E-state index contributed by atoms with van der Waals surface area (Å²) >= 11 is 0. The number of methoxy groups -OCH3 is 1. The summed E-state index contributed by atoms with van der Waals surface area (Å²) in [5.41, 5.74) is 8.96. The molecule has 2 aliphatic heterocycles. The maximum atomic E-state index is 12.6. The van der Waals surface area contributed by atoms with Crippen LogP contribution in [0.25, 0.3) is 0 Å². The Bertz CT molecular complexity index is 865. The van der Waals surface area contributed by atoms with E-state index in [1.165, 1.54) is 5.56 Å². The van der Waals surface area contributed by atoms with Gasteiger partial charge in [-0.05, 0) is 74.1 Å². The Morgan fingerprint density at radius 2 is 1.87 bits per heavy atom. The molecule has 2 unspecified atom stereocenters. The lowest BCUT2D eigenvalue weighted by Gasteiger charge is -2.34. The number of hydrogen-bond acceptors (Lipinski definition) is 5. The van der Waals surface area contributed by atoms with Gasteiger partial charge in [0.2, 0.25) is 0 Å². The van der Waals surface area contributed by atoms with Crippen molar-refractivity contribution in [3.8, 4) is 11.5 Å². The van der Waals surface area contributed by atoms with Crippen LogP contribution < -0.4 is 25.6 Å². The van der Waals surface area contributed by atoms with Gasteiger partial charge >= 0.3 is 6.03 Å². The summed E-state index contributed by atoms with van der Waals surface area (Å²) in [4.78, 5) is 14.6. The largest absolute Gasteiger partial charge is 0.497 e. The molecule has 0 aromatic heterocycles. The number of carbonyl (C=O) groups excluding carboxylic acids is 1. The van der Waals surface area contributed by atoms with E-state index in [0.717, 1.165) is 49.5 Å². The van der Waals surface area contributed by atoms with Gasteiger partial charge in [-0.3, -0.25) is 10.9 Å². The molecule has 0 radical (unpaired) electrons. The molecule has 2 aromatic carbocycles. The van der Waals surface area contributed by atoms with Crippen LogP contribution >= 0.6 is 0 Å². The summed E-state index contributed by atoms with van der Waals surface area (Å²) in [7, 11) is 1.70. The van der Waals surface area contributed by atoms with E-state index in [9.17, 15) is 4.79 Å². The van der Waals surface area contributed by atoms with Crippen molar-refractivity contribution < 1.29 is 14.3 Å². The smallest absolute Gasteiger partial charge is 0.321 e. The van der Waals surface area contributed by atoms with Crippen molar-refractivity contribution in [1.82, 2.24) is 15.8 Å². The van der Waals surface area contributed by atoms with Crippen molar-refractivity contribution >= 4 is 11.7 Å². The molecule has 7 nitrogen and oxygen atoms in total. The van der Waals surface area contributed by atoms with Gasteiger partial charge in [0.05, 0.1) is 13.7 Å². The third kappa shape index (κ3) is 5.29. The lowest BCUT2D eigenvalue weighted by atomic mass is 9.86. The third-order valence-electron chi connectivity index (χ3n) is 6.24. The Labute approximate surface area is 184 Å². The van der Waals surface area contributed by atoms with Crippen LogP contribution in [0.5, 0.6) is 11.5 Å². The first-order valence-electron chi connectivity index (χ1n) is 11.1. The average molecular weight is 425 g/mol. The van der Waals surface area contributed by atoms with Gasteiger partial charge in [0.15, 0.2) is 0 Å². The monoisotopic (exact) mass is 424 g/mol. The lowest BCUT2D eigenvalue weighted by molar-refractivity contribution is 0.169. The minimum atomic E-state index is -0.0330. The van der Waals surface area contributed by atoms with E-state index in [0.29, 0.717) is 18.6 Å². The first kappa shape index (κ1) is 21.5. The highest BCUT2D eigenvalue weighted by atomic mass is 16.5. The molecule has 7 heteroatoms. The maximum absolute atomic E-state index is 12.6. The van der Waals surface area contributed by atoms with Gasteiger partial charge in [-0.2, -0.15) is 0 Å². The third-order valence-corrected chi connectivity index (χ3v) is 6.24. The van der Waals surface area contributed by atoms with E-state index < -0.39 is 0 Å². The van der Waals surface area contributed by atoms with Crippen LogP contribution in [0, 0.1) is 5.92 Å². The number of amides is 2. The van der Waals surface area contributed by atoms with Crippen LogP contribution in [0.4, 0.5) is 10.5 Å². The van der Waals surface area contributed by atoms with Gasteiger partial charge in [0.1, 0.15) is 11.5 Å². The molecular formula is C24H32N4O3. The number of hydrogen-bond donors (Lipinski definition) is 3. The number of urea groups is 1. The number of benzene rings is 2. The zero-order valence-electron chi connectivity index (χ0n) is 18.3. The highest BCUT2D eigenvalue weighted by molar-refractivity contribution is 5.89. The highest BCUT2D eigenvalue weighted by Gasteiger charge is 2.34. The molecule has 0 saturated carbocycles. The van der Waals surface area contributed by atoms with Crippen LogP contribution in [0.3, 0.4) is 0 Å². The predicted octanol–water partition coefficient (Wildman–Crippen LogP) is 3.95. The second-order valence-electron chi connectivity index (χ2n) is 8.17. The molecular weight excluding hydrogens is 392 g/mol. The Morgan fingerprint density at radius 1 is 1.10 bits per heavy atom. The van der Waals surface area contributed by atoms with Crippen molar-refractivity contribution in [2.24, 2.45) is 5.92 Å². The van der Waals surface area contributed by atoms with Gasteiger partial charge in [0, 0.05) is 30.9 Å². The molecule has 2 amide bonds. The zero-order chi connectivity index (χ0) is 21.6. The zero-order valence-corrected chi connectivity index (χ0v) is 18.3. The van der Waals surface area contributed by atoms with Crippen LogP contribution in [0.1, 0.15) is 37.8 Å². The summed E-state index contributed by atoms with van der Waals surface area (Å²) in [6.45, 7) is 4.13. The molecule has 3 N–H and O–H groups in total. The molecule has 2 saturated heterocycles. The van der Waals surface area contributed by atoms with Crippen LogP contribution in [0.15, 0.2) is 48.5 Å². The van der Waals surface area contributed by atoms with E-state index in [1.54, 1.807) is 7.11 Å². The lowest BCUT2D eigenvalue weighted by Crippen LogP contribution is -2.45. The molecule has 2 fully saturated rings. The topological polar surface area (TPSA) is 74.9 Å². The first-order chi connectivity index (χ1) is 15.2. The molecule has 4 rings (SSSR count). The fraction of sp³-hybridized carbons (Fsp3) is 0.458. The SMILES string of the molecule is CCOc1ccc(NC(=O)N2CCC(C3CC(c4cccc(OC)c4)NN3)CC2)cc1. The summed E-state index contributed by atoms with van der Waals surface area (Å²) in [5, 5.41) is 3.00. The molecule has 0 bridgehead atoms. The number of nitrogens with zero attached hydrogens (tertiary/aromatic N) is 1. The molecule has 2 aromatic rings. The van der Waals surface area contributed by atoms with Crippen molar-refractivity contribution in [3.63, 3.8) is 0 Å². The van der Waals surface area contributed by atoms with E-state index in [-0.39, 0.29) is 12.1 Å². The summed E-state index contributed by atoms with van der Waals surface area (Å²) in [6, 6.07) is 16.4. The predicted molar refractivity (Wildman–Crippen MR) is 121 cm³/mol. The normalized spacial score (nSPS) is 21.7. The van der Waals surface area contributed by atoms with Crippen LogP contribution in [-0.4, -0.2) is 43.8 Å². The van der Waals surface area contributed by atoms with E-state index in [2.05, 4.69) is 28.3 Å². The molecule has 31 heavy (non-hydrogen) atoms. The Hall–Kier alpha value is -2.77. The van der Waals surface area contributed by atoms with Gasteiger partial charge < -0.3 is 19.7 Å². The Balaban J connectivity index is 1.25. The molecule has 0 spiro atoms. The maximum Gasteiger partial charge on any atom is 0.321 e. The van der Waals surface area contributed by atoms with Gasteiger partial charge in [-0.25, -0.2) is 4.79 Å². The Morgan fingerprint density at radius 3 is 2.58 bits per heavy atom. The minimum absolute atomic E-state index is 0.0330. The first-order valence-corrected chi connectivity index (χ1v) is 11.1. The van der Waals surface area contributed by atoms with E-state index in [1.807, 2.05) is 48.2 Å². The number of carbonyl (C=O) groups is 1. The van der Waals surface area contributed by atoms with E-state index in [4.69, 9.17) is 9.47 Å². The van der Waals surface area contributed by atoms with Crippen LogP contribution in [-0.2, 0) is 0 Å². The number of anilines is 1. The molecule has 166 valence electrons. The minimum Gasteiger partial charge on any atom is -0.497 e. The van der Waals surface area contributed by atoms with Crippen LogP contribution in [0.2, 0.25) is 0 Å². The fourth-order valence-electron chi connectivity index (χ4n) is 4.48. The summed E-state index contributed by atoms with van der Waals surface area (Å²) in [5.74, 6) is 2.25. The number of rotatable bonds is 6. The highest BCUT2D eigenvalue weighted by Crippen LogP contribution is 2.32. The van der Waals surface area contributed by atoms with Crippen molar-refractivity contribution in [1.29, 1.82) is 0 Å². The molecule has 2 heterocycles. The second-order valence-corrected chi connectivity index (χ2v) is 8.17. The van der Waals surface area contributed by atoms with Crippen molar-refractivity contribution in [3.05, 3.63) is 54.1 Å². The number of ether oxygens (including phenoxy) is 2. The van der Waals surface area contributed by atoms with Crippen molar-refractivity contribution in [2.45, 2.75) is 38.3 Å². The number of hydrazine groups is 1. The summed E-state index contributed by atoms with van der Waals surface area (Å²) < 4.78 is 10.8. The van der Waals surface area contributed by atoms with Crippen molar-refractivity contribution in [2.75, 3.05) is 32.1 Å². The fourth-order valence-corrected chi connectivity index (χ4v) is 4.48. The Kier molecular flexibility index (Phi) is 6.94. The number of nitrogens with one attached hydrogen (secondary N) is 3. The second kappa shape index (κ2) is 10.0. The molecule has 0 aliphatic carbocycles. The van der Waals surface area contributed by atoms with Gasteiger partial charge in [-0.1, -0.05) is 12.1 Å². The molecule has 2 atom stereocenters. The van der Waals surface area contributed by atoms with Gasteiger partial charge in [-0.15, -0.1) is 0 Å².